The van der Waals surface area contributed by atoms with Gasteiger partial charge in [-0.15, -0.1) is 34.9 Å². The zero-order valence-electron chi connectivity index (χ0n) is 14.8. The first-order valence-electron chi connectivity index (χ1n) is 8.59. The second kappa shape index (κ2) is 8.44. The molecular weight excluding hydrogens is 386 g/mol. The van der Waals surface area contributed by atoms with Crippen LogP contribution in [0, 0.1) is 0 Å². The Kier molecular flexibility index (Phi) is 6.45. The van der Waals surface area contributed by atoms with E-state index in [1.54, 1.807) is 54.9 Å². The number of benzene rings is 1. The van der Waals surface area contributed by atoms with Crippen molar-refractivity contribution in [1.82, 2.24) is 4.98 Å². The van der Waals surface area contributed by atoms with E-state index in [0.29, 0.717) is 17.9 Å². The summed E-state index contributed by atoms with van der Waals surface area (Å²) in [6.07, 6.45) is 2.04. The number of thiazole rings is 1. The van der Waals surface area contributed by atoms with Gasteiger partial charge in [-0.3, -0.25) is 4.79 Å². The fourth-order valence-corrected chi connectivity index (χ4v) is 6.54. The van der Waals surface area contributed by atoms with E-state index < -0.39 is 12.2 Å². The van der Waals surface area contributed by atoms with Gasteiger partial charge in [0.25, 0.3) is 0 Å². The van der Waals surface area contributed by atoms with Gasteiger partial charge in [-0.25, -0.2) is 4.98 Å². The molecule has 0 saturated carbocycles. The predicted molar refractivity (Wildman–Crippen MR) is 111 cm³/mol. The third kappa shape index (κ3) is 4.51. The molecule has 0 amide bonds. The number of aliphatic hydroxyl groups is 2. The number of ketones is 1. The van der Waals surface area contributed by atoms with E-state index in [2.05, 4.69) is 4.98 Å². The van der Waals surface area contributed by atoms with Gasteiger partial charge < -0.3 is 10.2 Å². The lowest BCUT2D eigenvalue weighted by molar-refractivity contribution is 0.0970. The summed E-state index contributed by atoms with van der Waals surface area (Å²) in [7, 11) is 0. The van der Waals surface area contributed by atoms with Crippen molar-refractivity contribution in [3.63, 3.8) is 0 Å². The van der Waals surface area contributed by atoms with Gasteiger partial charge >= 0.3 is 0 Å². The van der Waals surface area contributed by atoms with Gasteiger partial charge in [0, 0.05) is 40.6 Å². The minimum absolute atomic E-state index is 0.126. The predicted octanol–water partition coefficient (Wildman–Crippen LogP) is 3.86. The summed E-state index contributed by atoms with van der Waals surface area (Å²) in [4.78, 5) is 17.4. The van der Waals surface area contributed by atoms with E-state index in [9.17, 15) is 15.0 Å². The minimum atomic E-state index is -0.435. The van der Waals surface area contributed by atoms with E-state index in [1.165, 1.54) is 0 Å². The van der Waals surface area contributed by atoms with Crippen LogP contribution in [-0.2, 0) is 6.42 Å². The third-order valence-electron chi connectivity index (χ3n) is 4.19. The van der Waals surface area contributed by atoms with Crippen LogP contribution in [-0.4, -0.2) is 48.8 Å². The number of carbonyl (C=O) groups is 1. The smallest absolute Gasteiger partial charge is 0.165 e. The van der Waals surface area contributed by atoms with Crippen molar-refractivity contribution in [2.24, 2.45) is 0 Å². The van der Waals surface area contributed by atoms with Crippen LogP contribution in [0.1, 0.15) is 36.2 Å². The molecule has 1 aromatic carbocycles. The Labute approximate surface area is 166 Å². The topological polar surface area (TPSA) is 70.4 Å². The molecule has 26 heavy (non-hydrogen) atoms. The molecule has 3 rings (SSSR count). The van der Waals surface area contributed by atoms with Crippen molar-refractivity contribution in [3.05, 3.63) is 40.9 Å². The fraction of sp³-hybridized carbons (Fsp3) is 0.474. The van der Waals surface area contributed by atoms with Crippen LogP contribution in [0.4, 0.5) is 0 Å². The van der Waals surface area contributed by atoms with Crippen LogP contribution >= 0.6 is 34.9 Å². The minimum Gasteiger partial charge on any atom is -0.393 e. The van der Waals surface area contributed by atoms with Gasteiger partial charge in [-0.05, 0) is 25.8 Å². The van der Waals surface area contributed by atoms with Crippen molar-refractivity contribution in [2.45, 2.75) is 43.0 Å². The number of hydrogen-bond donors (Lipinski definition) is 2. The first kappa shape index (κ1) is 19.9. The Morgan fingerprint density at radius 1 is 1.15 bits per heavy atom. The zero-order chi connectivity index (χ0) is 18.7. The number of thioether (sulfide) groups is 2. The van der Waals surface area contributed by atoms with Gasteiger partial charge in [0.2, 0.25) is 0 Å². The molecule has 0 aliphatic heterocycles. The van der Waals surface area contributed by atoms with E-state index in [4.69, 9.17) is 0 Å². The number of nitrogens with zero attached hydrogens (tertiary/aromatic N) is 1. The van der Waals surface area contributed by atoms with Crippen molar-refractivity contribution in [1.29, 1.82) is 0 Å². The normalized spacial score (nSPS) is 22.1. The number of aliphatic hydroxyl groups excluding tert-OH is 2. The van der Waals surface area contributed by atoms with E-state index in [1.807, 2.05) is 23.6 Å². The van der Waals surface area contributed by atoms with E-state index in [0.717, 1.165) is 28.1 Å². The number of Topliss-reactive ketones (excluding diaryl/α,β-unsaturated/α-hetero) is 1. The maximum atomic E-state index is 12.9. The molecule has 1 aliphatic carbocycles. The molecule has 7 heteroatoms. The summed E-state index contributed by atoms with van der Waals surface area (Å²) in [6.45, 7) is 3.53. The number of aromatic nitrogens is 1. The standard InChI is InChI=1S/C19H23NO3S3/c1-12(21)10-25-19(26-11-13(2)22)8-16-14(17(23)9-19)4-3-5-15(16)18-20-6-7-24-18/h3-7,12-13,21-22H,8-11H2,1-2H3. The summed E-state index contributed by atoms with van der Waals surface area (Å²) in [5.41, 5.74) is 2.84. The van der Waals surface area contributed by atoms with Crippen LogP contribution < -0.4 is 0 Å². The van der Waals surface area contributed by atoms with Crippen molar-refractivity contribution >= 4 is 40.6 Å². The molecule has 4 nitrogen and oxygen atoms in total. The molecule has 2 unspecified atom stereocenters. The molecule has 0 saturated heterocycles. The van der Waals surface area contributed by atoms with Crippen LogP contribution in [0.15, 0.2) is 29.8 Å². The van der Waals surface area contributed by atoms with Gasteiger partial charge in [-0.1, -0.05) is 18.2 Å². The Bertz CT molecular complexity index is 747. The SMILES string of the molecule is CC(O)CSC1(SCC(C)O)CC(=O)c2cccc(-c3nccs3)c2C1. The number of hydrogen-bond acceptors (Lipinski definition) is 7. The van der Waals surface area contributed by atoms with Crippen molar-refractivity contribution in [2.75, 3.05) is 11.5 Å². The molecular formula is C19H23NO3S3. The Hall–Kier alpha value is -0.860. The quantitative estimate of drug-likeness (QED) is 0.677. The van der Waals surface area contributed by atoms with Crippen LogP contribution in [0.25, 0.3) is 10.6 Å². The second-order valence-corrected chi connectivity index (χ2v) is 10.6. The molecule has 0 bridgehead atoms. The second-order valence-electron chi connectivity index (χ2n) is 6.68. The number of fused-ring (bicyclic) bond motifs is 1. The van der Waals surface area contributed by atoms with Crippen molar-refractivity contribution in [3.8, 4) is 10.6 Å². The maximum Gasteiger partial charge on any atom is 0.165 e. The van der Waals surface area contributed by atoms with Gasteiger partial charge in [0.05, 0.1) is 16.3 Å². The highest BCUT2D eigenvalue weighted by atomic mass is 32.2. The lowest BCUT2D eigenvalue weighted by atomic mass is 9.86. The fourth-order valence-electron chi connectivity index (χ4n) is 3.06. The summed E-state index contributed by atoms with van der Waals surface area (Å²) >= 11 is 4.84. The third-order valence-corrected chi connectivity index (χ3v) is 8.63. The highest BCUT2D eigenvalue weighted by molar-refractivity contribution is 8.18. The molecule has 2 N–H and O–H groups in total. The van der Waals surface area contributed by atoms with Crippen molar-refractivity contribution < 1.29 is 15.0 Å². The molecule has 1 aromatic heterocycles. The average molecular weight is 410 g/mol. The lowest BCUT2D eigenvalue weighted by Gasteiger charge is -2.38. The van der Waals surface area contributed by atoms with Crippen LogP contribution in [0.2, 0.25) is 0 Å². The summed E-state index contributed by atoms with van der Waals surface area (Å²) in [6, 6.07) is 5.85. The van der Waals surface area contributed by atoms with E-state index in [-0.39, 0.29) is 9.86 Å². The van der Waals surface area contributed by atoms with Gasteiger partial charge in [0.1, 0.15) is 5.01 Å². The van der Waals surface area contributed by atoms with Crippen LogP contribution in [0.3, 0.4) is 0 Å². The lowest BCUT2D eigenvalue weighted by Crippen LogP contribution is -2.35. The zero-order valence-corrected chi connectivity index (χ0v) is 17.3. The molecule has 0 radical (unpaired) electrons. The molecule has 0 fully saturated rings. The summed E-state index contributed by atoms with van der Waals surface area (Å²) in [5, 5.41) is 22.4. The molecule has 0 spiro atoms. The largest absolute Gasteiger partial charge is 0.393 e. The Morgan fingerprint density at radius 3 is 2.38 bits per heavy atom. The molecule has 140 valence electrons. The maximum absolute atomic E-state index is 12.9. The average Bonchev–Trinajstić information content (AvgIpc) is 3.12. The summed E-state index contributed by atoms with van der Waals surface area (Å²) < 4.78 is -0.370. The summed E-state index contributed by atoms with van der Waals surface area (Å²) in [5.74, 6) is 1.25. The monoisotopic (exact) mass is 409 g/mol. The van der Waals surface area contributed by atoms with E-state index >= 15 is 0 Å². The molecule has 2 atom stereocenters. The highest BCUT2D eigenvalue weighted by Gasteiger charge is 2.41. The van der Waals surface area contributed by atoms with Crippen LogP contribution in [0.5, 0.6) is 0 Å². The number of carbonyl (C=O) groups excluding carboxylic acids is 1. The van der Waals surface area contributed by atoms with Gasteiger partial charge in [-0.2, -0.15) is 0 Å². The highest BCUT2D eigenvalue weighted by Crippen LogP contribution is 2.49. The Morgan fingerprint density at radius 2 is 1.81 bits per heavy atom. The molecule has 1 aliphatic rings. The molecule has 1 heterocycles. The number of rotatable bonds is 7. The molecule has 2 aromatic rings. The first-order valence-corrected chi connectivity index (χ1v) is 11.4. The Balaban J connectivity index is 1.99. The first-order chi connectivity index (χ1) is 12.4. The van der Waals surface area contributed by atoms with Gasteiger partial charge in [0.15, 0.2) is 5.78 Å².